The number of thiocarbonyl (C=S) groups is 1. The van der Waals surface area contributed by atoms with Crippen molar-refractivity contribution in [3.8, 4) is 5.75 Å². The number of hydrogen-bond donors (Lipinski definition) is 2. The summed E-state index contributed by atoms with van der Waals surface area (Å²) in [6.07, 6.45) is 2.41. The Kier molecular flexibility index (Phi) is 5.45. The van der Waals surface area contributed by atoms with E-state index in [2.05, 4.69) is 10.6 Å². The fourth-order valence-electron chi connectivity index (χ4n) is 2.44. The van der Waals surface area contributed by atoms with Gasteiger partial charge >= 0.3 is 0 Å². The van der Waals surface area contributed by atoms with E-state index in [1.807, 2.05) is 54.6 Å². The molecule has 1 heterocycles. The van der Waals surface area contributed by atoms with Gasteiger partial charge in [0.05, 0.1) is 6.10 Å². The van der Waals surface area contributed by atoms with E-state index in [0.717, 1.165) is 36.6 Å². The molecular weight excluding hydrogens is 308 g/mol. The maximum absolute atomic E-state index is 5.80. The zero-order valence-corrected chi connectivity index (χ0v) is 13.6. The molecule has 5 heteroatoms. The van der Waals surface area contributed by atoms with Crippen molar-refractivity contribution < 1.29 is 9.47 Å². The first-order valence-corrected chi connectivity index (χ1v) is 8.18. The lowest BCUT2D eigenvalue weighted by molar-refractivity contribution is 0.0680. The fraction of sp³-hybridized carbons (Fsp3) is 0.278. The van der Waals surface area contributed by atoms with Gasteiger partial charge in [0.25, 0.3) is 0 Å². The van der Waals surface area contributed by atoms with Gasteiger partial charge in [-0.1, -0.05) is 24.3 Å². The smallest absolute Gasteiger partial charge is 0.175 e. The first-order chi connectivity index (χ1) is 11.3. The number of rotatable bonds is 5. The Hall–Kier alpha value is -2.11. The van der Waals surface area contributed by atoms with Crippen molar-refractivity contribution >= 4 is 28.7 Å². The molecule has 4 nitrogen and oxygen atoms in total. The minimum absolute atomic E-state index is 0.215. The van der Waals surface area contributed by atoms with Gasteiger partial charge in [0, 0.05) is 24.0 Å². The van der Waals surface area contributed by atoms with Crippen LogP contribution in [0.2, 0.25) is 0 Å². The molecule has 23 heavy (non-hydrogen) atoms. The Morgan fingerprint density at radius 1 is 1.09 bits per heavy atom. The third-order valence-corrected chi connectivity index (χ3v) is 3.79. The van der Waals surface area contributed by atoms with E-state index in [-0.39, 0.29) is 6.10 Å². The van der Waals surface area contributed by atoms with Gasteiger partial charge in [0.2, 0.25) is 0 Å². The average molecular weight is 328 g/mol. The number of hydrogen-bond acceptors (Lipinski definition) is 3. The van der Waals surface area contributed by atoms with E-state index < -0.39 is 0 Å². The summed E-state index contributed by atoms with van der Waals surface area (Å²) in [5, 5.41) is 6.86. The highest BCUT2D eigenvalue weighted by atomic mass is 32.1. The number of anilines is 2. The van der Waals surface area contributed by atoms with E-state index in [9.17, 15) is 0 Å². The zero-order chi connectivity index (χ0) is 15.9. The maximum Gasteiger partial charge on any atom is 0.175 e. The summed E-state index contributed by atoms with van der Waals surface area (Å²) in [6.45, 7) is 1.44. The van der Waals surface area contributed by atoms with Crippen molar-refractivity contribution in [3.63, 3.8) is 0 Å². The first-order valence-electron chi connectivity index (χ1n) is 7.77. The van der Waals surface area contributed by atoms with Crippen LogP contribution in [-0.4, -0.2) is 24.4 Å². The quantitative estimate of drug-likeness (QED) is 0.811. The Labute approximate surface area is 141 Å². The summed E-state index contributed by atoms with van der Waals surface area (Å²) >= 11 is 5.33. The molecule has 1 aliphatic rings. The Bertz CT molecular complexity index is 642. The fourth-order valence-corrected chi connectivity index (χ4v) is 2.68. The molecule has 0 aromatic heterocycles. The van der Waals surface area contributed by atoms with E-state index in [1.165, 1.54) is 0 Å². The highest BCUT2D eigenvalue weighted by Gasteiger charge is 2.15. The Balaban J connectivity index is 1.53. The number of benzene rings is 2. The maximum atomic E-state index is 5.80. The lowest BCUT2D eigenvalue weighted by atomic mass is 10.2. The largest absolute Gasteiger partial charge is 0.491 e. The van der Waals surface area contributed by atoms with Gasteiger partial charge in [-0.05, 0) is 49.3 Å². The molecule has 1 aliphatic heterocycles. The van der Waals surface area contributed by atoms with Crippen molar-refractivity contribution in [2.45, 2.75) is 18.9 Å². The summed E-state index contributed by atoms with van der Waals surface area (Å²) in [6, 6.07) is 17.6. The Morgan fingerprint density at radius 2 is 1.87 bits per heavy atom. The topological polar surface area (TPSA) is 42.5 Å². The van der Waals surface area contributed by atoms with Gasteiger partial charge in [-0.3, -0.25) is 0 Å². The van der Waals surface area contributed by atoms with Crippen molar-refractivity contribution in [2.24, 2.45) is 0 Å². The van der Waals surface area contributed by atoms with Crippen LogP contribution in [0.5, 0.6) is 5.75 Å². The van der Waals surface area contributed by atoms with E-state index in [4.69, 9.17) is 21.7 Å². The normalized spacial score (nSPS) is 16.8. The van der Waals surface area contributed by atoms with Crippen LogP contribution in [0.3, 0.4) is 0 Å². The van der Waals surface area contributed by atoms with E-state index in [0.29, 0.717) is 11.7 Å². The third-order valence-electron chi connectivity index (χ3n) is 3.58. The molecule has 1 unspecified atom stereocenters. The second kappa shape index (κ2) is 7.94. The van der Waals surface area contributed by atoms with Crippen LogP contribution in [0.4, 0.5) is 11.4 Å². The minimum Gasteiger partial charge on any atom is -0.491 e. The van der Waals surface area contributed by atoms with Crippen molar-refractivity contribution in [2.75, 3.05) is 23.8 Å². The molecule has 1 fully saturated rings. The summed E-state index contributed by atoms with van der Waals surface area (Å²) in [4.78, 5) is 0. The van der Waals surface area contributed by atoms with Gasteiger partial charge in [0.15, 0.2) is 5.11 Å². The number of para-hydroxylation sites is 1. The molecule has 0 amide bonds. The second-order valence-electron chi connectivity index (χ2n) is 5.42. The van der Waals surface area contributed by atoms with Crippen LogP contribution in [0.1, 0.15) is 12.8 Å². The predicted octanol–water partition coefficient (Wildman–Crippen LogP) is 4.05. The second-order valence-corrected chi connectivity index (χ2v) is 5.83. The van der Waals surface area contributed by atoms with Gasteiger partial charge < -0.3 is 20.1 Å². The number of nitrogens with one attached hydrogen (secondary N) is 2. The minimum atomic E-state index is 0.215. The van der Waals surface area contributed by atoms with Crippen LogP contribution in [0.15, 0.2) is 54.6 Å². The monoisotopic (exact) mass is 328 g/mol. The van der Waals surface area contributed by atoms with Crippen LogP contribution >= 0.6 is 12.2 Å². The van der Waals surface area contributed by atoms with Crippen LogP contribution in [0.25, 0.3) is 0 Å². The highest BCUT2D eigenvalue weighted by Crippen LogP contribution is 2.20. The molecule has 0 aliphatic carbocycles. The molecule has 120 valence electrons. The lowest BCUT2D eigenvalue weighted by Crippen LogP contribution is -2.19. The molecule has 2 aromatic rings. The molecule has 0 saturated carbocycles. The summed E-state index contributed by atoms with van der Waals surface area (Å²) in [5.41, 5.74) is 1.85. The molecule has 0 bridgehead atoms. The van der Waals surface area contributed by atoms with Crippen LogP contribution in [0, 0.1) is 0 Å². The molecule has 1 atom stereocenters. The molecule has 1 saturated heterocycles. The molecule has 0 radical (unpaired) electrons. The van der Waals surface area contributed by atoms with E-state index >= 15 is 0 Å². The summed E-state index contributed by atoms with van der Waals surface area (Å²) < 4.78 is 11.4. The van der Waals surface area contributed by atoms with Gasteiger partial charge in [-0.15, -0.1) is 0 Å². The van der Waals surface area contributed by atoms with E-state index in [1.54, 1.807) is 0 Å². The molecule has 3 rings (SSSR count). The van der Waals surface area contributed by atoms with Gasteiger partial charge in [-0.25, -0.2) is 0 Å². The molecule has 2 N–H and O–H groups in total. The van der Waals surface area contributed by atoms with Crippen molar-refractivity contribution in [1.29, 1.82) is 0 Å². The molecule has 0 spiro atoms. The van der Waals surface area contributed by atoms with Crippen molar-refractivity contribution in [1.82, 2.24) is 0 Å². The number of ether oxygens (including phenoxy) is 2. The van der Waals surface area contributed by atoms with Crippen LogP contribution < -0.4 is 15.4 Å². The van der Waals surface area contributed by atoms with Crippen molar-refractivity contribution in [3.05, 3.63) is 54.6 Å². The van der Waals surface area contributed by atoms with Crippen LogP contribution in [-0.2, 0) is 4.74 Å². The summed E-state index contributed by atoms with van der Waals surface area (Å²) in [7, 11) is 0. The third kappa shape index (κ3) is 4.94. The highest BCUT2D eigenvalue weighted by molar-refractivity contribution is 7.80. The SMILES string of the molecule is S=C(Nc1ccccc1)Nc1cccc(OCC2CCCO2)c1. The Morgan fingerprint density at radius 3 is 2.65 bits per heavy atom. The predicted molar refractivity (Wildman–Crippen MR) is 97.2 cm³/mol. The molecule has 2 aromatic carbocycles. The van der Waals surface area contributed by atoms with Gasteiger partial charge in [-0.2, -0.15) is 0 Å². The first kappa shape index (κ1) is 15.8. The standard InChI is InChI=1S/C18H20N2O2S/c23-18(19-14-6-2-1-3-7-14)20-15-8-4-9-16(12-15)22-13-17-10-5-11-21-17/h1-4,6-9,12,17H,5,10-11,13H2,(H2,19,20,23). The molecular formula is C18H20N2O2S. The average Bonchev–Trinajstić information content (AvgIpc) is 3.07. The van der Waals surface area contributed by atoms with Gasteiger partial charge in [0.1, 0.15) is 12.4 Å². The summed E-state index contributed by atoms with van der Waals surface area (Å²) in [5.74, 6) is 0.813. The lowest BCUT2D eigenvalue weighted by Gasteiger charge is -2.14. The zero-order valence-electron chi connectivity index (χ0n) is 12.8.